The minimum atomic E-state index is -4.04. The molecule has 2 rings (SSSR count). The van der Waals surface area contributed by atoms with Crippen molar-refractivity contribution in [2.24, 2.45) is 7.05 Å². The van der Waals surface area contributed by atoms with E-state index >= 15 is 0 Å². The van der Waals surface area contributed by atoms with E-state index in [2.05, 4.69) is 19.9 Å². The Morgan fingerprint density at radius 1 is 1.40 bits per heavy atom. The van der Waals surface area contributed by atoms with Crippen molar-refractivity contribution in [2.75, 3.05) is 4.72 Å². The monoisotopic (exact) mass is 305 g/mol. The fraction of sp³-hybridized carbons (Fsp3) is 0.400. The Hall–Kier alpha value is -1.97. The number of nitrogens with one attached hydrogen (secondary N) is 2. The van der Waals surface area contributed by atoms with E-state index in [1.807, 2.05) is 0 Å². The third-order valence-electron chi connectivity index (χ3n) is 2.78. The molecule has 0 aliphatic heterocycles. The van der Waals surface area contributed by atoms with Crippen molar-refractivity contribution in [2.45, 2.75) is 25.3 Å². The first-order valence-corrected chi connectivity index (χ1v) is 7.06. The zero-order chi connectivity index (χ0) is 15.1. The molecule has 0 saturated carbocycles. The minimum Gasteiger partial charge on any atom is -0.337 e. The summed E-state index contributed by atoms with van der Waals surface area (Å²) in [5.41, 5.74) is -0.682. The molecule has 2 aromatic rings. The van der Waals surface area contributed by atoms with Crippen LogP contribution in [0.4, 0.5) is 14.5 Å². The molecule has 0 fully saturated rings. The van der Waals surface area contributed by atoms with E-state index in [4.69, 9.17) is 0 Å². The van der Waals surface area contributed by atoms with Gasteiger partial charge in [-0.1, -0.05) is 0 Å². The molecule has 10 heteroatoms. The van der Waals surface area contributed by atoms with Gasteiger partial charge in [0.25, 0.3) is 16.4 Å². The number of aromatic nitrogens is 4. The van der Waals surface area contributed by atoms with Crippen molar-refractivity contribution >= 4 is 15.7 Å². The van der Waals surface area contributed by atoms with E-state index in [0.717, 1.165) is 0 Å². The van der Waals surface area contributed by atoms with Crippen LogP contribution in [0.2, 0.25) is 0 Å². The Labute approximate surface area is 114 Å². The summed E-state index contributed by atoms with van der Waals surface area (Å²) >= 11 is 0. The van der Waals surface area contributed by atoms with Crippen LogP contribution in [0.1, 0.15) is 23.6 Å². The number of imidazole rings is 1. The summed E-state index contributed by atoms with van der Waals surface area (Å²) in [7, 11) is -2.40. The van der Waals surface area contributed by atoms with Crippen LogP contribution in [0, 0.1) is 13.8 Å². The van der Waals surface area contributed by atoms with E-state index in [1.165, 1.54) is 17.7 Å². The molecule has 0 unspecified atom stereocenters. The van der Waals surface area contributed by atoms with Gasteiger partial charge in [0.2, 0.25) is 0 Å². The molecule has 2 N–H and O–H groups in total. The van der Waals surface area contributed by atoms with Gasteiger partial charge in [0.05, 0.1) is 11.4 Å². The summed E-state index contributed by atoms with van der Waals surface area (Å²) in [6.45, 7) is 3.08. The SMILES string of the molecule is Cc1[nH]nc(C(F)F)c1NS(=O)(=O)c1cn(C)c(C)n1. The zero-order valence-electron chi connectivity index (χ0n) is 11.0. The first kappa shape index (κ1) is 14.4. The van der Waals surface area contributed by atoms with Crippen molar-refractivity contribution in [3.8, 4) is 0 Å². The largest absolute Gasteiger partial charge is 0.337 e. The van der Waals surface area contributed by atoms with E-state index in [-0.39, 0.29) is 16.4 Å². The van der Waals surface area contributed by atoms with Crippen LogP contribution in [-0.4, -0.2) is 28.2 Å². The lowest BCUT2D eigenvalue weighted by Gasteiger charge is -2.06. The van der Waals surface area contributed by atoms with Gasteiger partial charge < -0.3 is 4.57 Å². The molecule has 0 amide bonds. The zero-order valence-corrected chi connectivity index (χ0v) is 11.8. The molecule has 0 spiro atoms. The molecule has 20 heavy (non-hydrogen) atoms. The van der Waals surface area contributed by atoms with Gasteiger partial charge in [-0.2, -0.15) is 13.5 Å². The van der Waals surface area contributed by atoms with E-state index in [1.54, 1.807) is 14.0 Å². The molecule has 7 nitrogen and oxygen atoms in total. The van der Waals surface area contributed by atoms with Gasteiger partial charge in [-0.25, -0.2) is 13.8 Å². The summed E-state index contributed by atoms with van der Waals surface area (Å²) < 4.78 is 53.4. The molecule has 0 aromatic carbocycles. The maximum atomic E-state index is 12.7. The highest BCUT2D eigenvalue weighted by Crippen LogP contribution is 2.29. The lowest BCUT2D eigenvalue weighted by atomic mass is 10.3. The molecule has 110 valence electrons. The minimum absolute atomic E-state index is 0.205. The van der Waals surface area contributed by atoms with Gasteiger partial charge in [0.1, 0.15) is 5.82 Å². The van der Waals surface area contributed by atoms with Gasteiger partial charge in [-0.05, 0) is 13.8 Å². The Morgan fingerprint density at radius 2 is 2.05 bits per heavy atom. The van der Waals surface area contributed by atoms with Crippen molar-refractivity contribution in [1.29, 1.82) is 0 Å². The van der Waals surface area contributed by atoms with Gasteiger partial charge >= 0.3 is 0 Å². The predicted molar refractivity (Wildman–Crippen MR) is 67.0 cm³/mol. The lowest BCUT2D eigenvalue weighted by molar-refractivity contribution is 0.147. The molecule has 0 aliphatic carbocycles. The smallest absolute Gasteiger partial charge is 0.284 e. The Morgan fingerprint density at radius 3 is 2.55 bits per heavy atom. The van der Waals surface area contributed by atoms with Crippen LogP contribution in [0.5, 0.6) is 0 Å². The molecule has 2 aromatic heterocycles. The highest BCUT2D eigenvalue weighted by molar-refractivity contribution is 7.92. The molecule has 2 heterocycles. The Bertz CT molecular complexity index is 715. The van der Waals surface area contributed by atoms with Crippen molar-refractivity contribution in [3.63, 3.8) is 0 Å². The van der Waals surface area contributed by atoms with Gasteiger partial charge in [0, 0.05) is 13.2 Å². The van der Waals surface area contributed by atoms with Gasteiger partial charge in [0.15, 0.2) is 10.7 Å². The maximum Gasteiger partial charge on any atom is 0.284 e. The second-order valence-corrected chi connectivity index (χ2v) is 5.88. The first-order valence-electron chi connectivity index (χ1n) is 5.58. The van der Waals surface area contributed by atoms with Gasteiger partial charge in [-0.3, -0.25) is 9.82 Å². The number of sulfonamides is 1. The van der Waals surface area contributed by atoms with E-state index in [9.17, 15) is 17.2 Å². The number of aromatic amines is 1. The number of alkyl halides is 2. The summed E-state index contributed by atoms with van der Waals surface area (Å²) in [5.74, 6) is 0.489. The molecule has 0 atom stereocenters. The highest BCUT2D eigenvalue weighted by Gasteiger charge is 2.25. The normalized spacial score (nSPS) is 12.1. The number of nitrogens with zero attached hydrogens (tertiary/aromatic N) is 3. The number of hydrogen-bond donors (Lipinski definition) is 2. The van der Waals surface area contributed by atoms with Crippen LogP contribution in [-0.2, 0) is 17.1 Å². The van der Waals surface area contributed by atoms with E-state index in [0.29, 0.717) is 5.82 Å². The quantitative estimate of drug-likeness (QED) is 0.895. The number of hydrogen-bond acceptors (Lipinski definition) is 4. The Kier molecular flexibility index (Phi) is 3.50. The third-order valence-corrected chi connectivity index (χ3v) is 4.00. The molecule has 0 aliphatic rings. The number of aryl methyl sites for hydroxylation is 3. The summed E-state index contributed by atoms with van der Waals surface area (Å²) in [6.07, 6.45) is -1.59. The maximum absolute atomic E-state index is 12.7. The molecule has 0 saturated heterocycles. The predicted octanol–water partition coefficient (Wildman–Crippen LogP) is 1.50. The average Bonchev–Trinajstić information content (AvgIpc) is 2.85. The fourth-order valence-corrected chi connectivity index (χ4v) is 2.76. The summed E-state index contributed by atoms with van der Waals surface area (Å²) in [5, 5.41) is 5.48. The van der Waals surface area contributed by atoms with Crippen LogP contribution < -0.4 is 4.72 Å². The second-order valence-electron chi connectivity index (χ2n) is 4.25. The first-order chi connectivity index (χ1) is 9.22. The number of rotatable bonds is 4. The second kappa shape index (κ2) is 4.85. The summed E-state index contributed by atoms with van der Waals surface area (Å²) in [4.78, 5) is 3.86. The molecular weight excluding hydrogens is 292 g/mol. The van der Waals surface area contributed by atoms with Crippen LogP contribution in [0.25, 0.3) is 0 Å². The summed E-state index contributed by atoms with van der Waals surface area (Å²) in [6, 6.07) is 0. The molecular formula is C10H13F2N5O2S. The van der Waals surface area contributed by atoms with Gasteiger partial charge in [-0.15, -0.1) is 0 Å². The number of halogens is 2. The standard InChI is InChI=1S/C10H13F2N5O2S/c1-5-8(9(10(11)12)15-14-5)16-20(18,19)7-4-17(3)6(2)13-7/h4,10,16H,1-3H3,(H,14,15). The highest BCUT2D eigenvalue weighted by atomic mass is 32.2. The van der Waals surface area contributed by atoms with Crippen molar-refractivity contribution in [1.82, 2.24) is 19.7 Å². The molecule has 0 radical (unpaired) electrons. The average molecular weight is 305 g/mol. The fourth-order valence-electron chi connectivity index (χ4n) is 1.58. The lowest BCUT2D eigenvalue weighted by Crippen LogP contribution is -2.15. The van der Waals surface area contributed by atoms with Crippen LogP contribution in [0.3, 0.4) is 0 Å². The van der Waals surface area contributed by atoms with E-state index < -0.39 is 22.1 Å². The van der Waals surface area contributed by atoms with Crippen LogP contribution in [0.15, 0.2) is 11.2 Å². The number of H-pyrrole nitrogens is 1. The number of anilines is 1. The topological polar surface area (TPSA) is 92.7 Å². The molecule has 0 bridgehead atoms. The van der Waals surface area contributed by atoms with Crippen molar-refractivity contribution in [3.05, 3.63) is 23.4 Å². The van der Waals surface area contributed by atoms with Crippen LogP contribution >= 0.6 is 0 Å². The Balaban J connectivity index is 2.41. The van der Waals surface area contributed by atoms with Crippen molar-refractivity contribution < 1.29 is 17.2 Å². The third kappa shape index (κ3) is 2.50.